The molecule has 0 spiro atoms. The molecule has 0 aromatic rings. The lowest BCUT2D eigenvalue weighted by molar-refractivity contribution is -0.254. The Kier molecular flexibility index (Phi) is 17.7. The Balaban J connectivity index is 4.65. The van der Waals surface area contributed by atoms with Crippen LogP contribution >= 0.6 is 0 Å². The van der Waals surface area contributed by atoms with E-state index < -0.39 is 5.79 Å². The SMILES string of the molecule is CCCCCCCCC(CCCN(CCO)CCO)C(C)(OCC)OCC. The minimum Gasteiger partial charge on any atom is -0.395 e. The van der Waals surface area contributed by atoms with Gasteiger partial charge in [0.2, 0.25) is 0 Å². The van der Waals surface area contributed by atoms with Gasteiger partial charge in [-0.1, -0.05) is 45.4 Å². The molecule has 5 nitrogen and oxygen atoms in total. The molecular formula is C22H47NO4. The topological polar surface area (TPSA) is 62.2 Å². The first-order chi connectivity index (χ1) is 13.1. The second-order valence-corrected chi connectivity index (χ2v) is 7.57. The molecule has 0 aromatic carbocycles. The fraction of sp³-hybridized carbons (Fsp3) is 1.00. The molecule has 0 heterocycles. The van der Waals surface area contributed by atoms with Crippen molar-refractivity contribution in [3.63, 3.8) is 0 Å². The first-order valence-electron chi connectivity index (χ1n) is 11.3. The minimum atomic E-state index is -0.522. The Hall–Kier alpha value is -0.200. The monoisotopic (exact) mass is 389 g/mol. The third kappa shape index (κ3) is 12.8. The molecule has 0 rings (SSSR count). The lowest BCUT2D eigenvalue weighted by Crippen LogP contribution is -2.41. The van der Waals surface area contributed by atoms with Crippen LogP contribution in [0.1, 0.15) is 85.5 Å². The van der Waals surface area contributed by atoms with E-state index in [2.05, 4.69) is 18.7 Å². The molecule has 1 unspecified atom stereocenters. The van der Waals surface area contributed by atoms with Crippen LogP contribution in [0.2, 0.25) is 0 Å². The summed E-state index contributed by atoms with van der Waals surface area (Å²) in [4.78, 5) is 2.13. The van der Waals surface area contributed by atoms with Crippen molar-refractivity contribution in [1.29, 1.82) is 0 Å². The lowest BCUT2D eigenvalue weighted by Gasteiger charge is -2.37. The Morgan fingerprint density at radius 3 is 1.78 bits per heavy atom. The number of rotatable bonds is 20. The van der Waals surface area contributed by atoms with Gasteiger partial charge in [-0.2, -0.15) is 0 Å². The van der Waals surface area contributed by atoms with Crippen LogP contribution < -0.4 is 0 Å². The standard InChI is InChI=1S/C22H47NO4/c1-5-8-9-10-11-12-14-21(22(4,26-6-2)27-7-3)15-13-16-23(17-19-24)18-20-25/h21,24-25H,5-20H2,1-4H3. The molecule has 27 heavy (non-hydrogen) atoms. The van der Waals surface area contributed by atoms with E-state index >= 15 is 0 Å². The molecule has 2 N–H and O–H groups in total. The summed E-state index contributed by atoms with van der Waals surface area (Å²) in [5.74, 6) is -0.153. The molecule has 0 fully saturated rings. The highest BCUT2D eigenvalue weighted by atomic mass is 16.7. The number of nitrogens with zero attached hydrogens (tertiary/aromatic N) is 1. The van der Waals surface area contributed by atoms with Gasteiger partial charge in [-0.15, -0.1) is 0 Å². The van der Waals surface area contributed by atoms with Gasteiger partial charge in [0.05, 0.1) is 13.2 Å². The van der Waals surface area contributed by atoms with E-state index in [0.717, 1.165) is 25.8 Å². The summed E-state index contributed by atoms with van der Waals surface area (Å²) in [5, 5.41) is 18.4. The van der Waals surface area contributed by atoms with E-state index in [-0.39, 0.29) is 13.2 Å². The average Bonchev–Trinajstić information content (AvgIpc) is 2.63. The van der Waals surface area contributed by atoms with Crippen molar-refractivity contribution in [1.82, 2.24) is 4.90 Å². The maximum Gasteiger partial charge on any atom is 0.168 e. The molecule has 164 valence electrons. The van der Waals surface area contributed by atoms with E-state index in [1.54, 1.807) is 0 Å². The Labute approximate surface area is 168 Å². The van der Waals surface area contributed by atoms with Gasteiger partial charge in [-0.3, -0.25) is 4.90 Å². The number of aliphatic hydroxyl groups excluding tert-OH is 2. The number of ether oxygens (including phenoxy) is 2. The summed E-state index contributed by atoms with van der Waals surface area (Å²) in [5.41, 5.74) is 0. The molecule has 0 radical (unpaired) electrons. The number of hydrogen-bond acceptors (Lipinski definition) is 5. The molecule has 0 saturated carbocycles. The first kappa shape index (κ1) is 26.8. The van der Waals surface area contributed by atoms with Gasteiger partial charge in [0, 0.05) is 32.2 Å². The van der Waals surface area contributed by atoms with Crippen LogP contribution in [0, 0.1) is 5.92 Å². The largest absolute Gasteiger partial charge is 0.395 e. The first-order valence-corrected chi connectivity index (χ1v) is 11.3. The summed E-state index contributed by atoms with van der Waals surface area (Å²) in [6.45, 7) is 12.1. The zero-order valence-corrected chi connectivity index (χ0v) is 18.5. The van der Waals surface area contributed by atoms with Crippen molar-refractivity contribution in [2.75, 3.05) is 46.1 Å². The van der Waals surface area contributed by atoms with E-state index in [9.17, 15) is 10.2 Å². The van der Waals surface area contributed by atoms with Gasteiger partial charge in [-0.05, 0) is 46.6 Å². The Morgan fingerprint density at radius 1 is 0.741 bits per heavy atom. The summed E-state index contributed by atoms with van der Waals surface area (Å²) >= 11 is 0. The summed E-state index contributed by atoms with van der Waals surface area (Å²) in [7, 11) is 0. The summed E-state index contributed by atoms with van der Waals surface area (Å²) in [6, 6.07) is 0. The van der Waals surface area contributed by atoms with Crippen molar-refractivity contribution in [3.05, 3.63) is 0 Å². The highest BCUT2D eigenvalue weighted by Crippen LogP contribution is 2.32. The second kappa shape index (κ2) is 17.9. The molecule has 0 amide bonds. The third-order valence-corrected chi connectivity index (χ3v) is 5.37. The van der Waals surface area contributed by atoms with Crippen molar-refractivity contribution < 1.29 is 19.7 Å². The van der Waals surface area contributed by atoms with Gasteiger partial charge in [0.15, 0.2) is 5.79 Å². The minimum absolute atomic E-state index is 0.136. The molecule has 0 aromatic heterocycles. The van der Waals surface area contributed by atoms with Crippen LogP contribution in [0.15, 0.2) is 0 Å². The highest BCUT2D eigenvalue weighted by Gasteiger charge is 2.35. The van der Waals surface area contributed by atoms with E-state index in [1.807, 2.05) is 13.8 Å². The zero-order valence-electron chi connectivity index (χ0n) is 18.5. The molecule has 0 aliphatic heterocycles. The van der Waals surface area contributed by atoms with Crippen LogP contribution in [0.5, 0.6) is 0 Å². The van der Waals surface area contributed by atoms with Crippen LogP contribution in [0.4, 0.5) is 0 Å². The van der Waals surface area contributed by atoms with Crippen molar-refractivity contribution in [2.45, 2.75) is 91.3 Å². The predicted molar refractivity (Wildman–Crippen MR) is 113 cm³/mol. The van der Waals surface area contributed by atoms with Crippen molar-refractivity contribution in [2.24, 2.45) is 5.92 Å². The maximum absolute atomic E-state index is 9.18. The molecule has 5 heteroatoms. The molecular weight excluding hydrogens is 342 g/mol. The van der Waals surface area contributed by atoms with E-state index in [1.165, 1.54) is 38.5 Å². The molecule has 0 aliphatic carbocycles. The van der Waals surface area contributed by atoms with Crippen LogP contribution in [0.3, 0.4) is 0 Å². The van der Waals surface area contributed by atoms with Crippen LogP contribution in [-0.2, 0) is 9.47 Å². The van der Waals surface area contributed by atoms with Gasteiger partial charge in [0.1, 0.15) is 0 Å². The van der Waals surface area contributed by atoms with Crippen LogP contribution in [0.25, 0.3) is 0 Å². The molecule has 0 saturated heterocycles. The quantitative estimate of drug-likeness (QED) is 0.241. The van der Waals surface area contributed by atoms with Crippen molar-refractivity contribution in [3.8, 4) is 0 Å². The number of hydrogen-bond donors (Lipinski definition) is 2. The van der Waals surface area contributed by atoms with E-state index in [0.29, 0.717) is 32.2 Å². The average molecular weight is 390 g/mol. The fourth-order valence-electron chi connectivity index (χ4n) is 3.87. The molecule has 0 bridgehead atoms. The maximum atomic E-state index is 9.18. The highest BCUT2D eigenvalue weighted by molar-refractivity contribution is 4.77. The lowest BCUT2D eigenvalue weighted by atomic mass is 9.88. The van der Waals surface area contributed by atoms with E-state index in [4.69, 9.17) is 9.47 Å². The summed E-state index contributed by atoms with van der Waals surface area (Å²) in [6.07, 6.45) is 11.0. The smallest absolute Gasteiger partial charge is 0.168 e. The number of aliphatic hydroxyl groups is 2. The Bertz CT molecular complexity index is 303. The Morgan fingerprint density at radius 2 is 1.26 bits per heavy atom. The van der Waals surface area contributed by atoms with Crippen molar-refractivity contribution >= 4 is 0 Å². The van der Waals surface area contributed by atoms with Gasteiger partial charge >= 0.3 is 0 Å². The normalized spacial score (nSPS) is 13.4. The van der Waals surface area contributed by atoms with Gasteiger partial charge in [0.25, 0.3) is 0 Å². The summed E-state index contributed by atoms with van der Waals surface area (Å²) < 4.78 is 12.1. The molecule has 1 atom stereocenters. The third-order valence-electron chi connectivity index (χ3n) is 5.37. The zero-order chi connectivity index (χ0) is 20.4. The second-order valence-electron chi connectivity index (χ2n) is 7.57. The van der Waals surface area contributed by atoms with Gasteiger partial charge in [-0.25, -0.2) is 0 Å². The number of unbranched alkanes of at least 4 members (excludes halogenated alkanes) is 5. The van der Waals surface area contributed by atoms with Crippen LogP contribution in [-0.4, -0.2) is 67.0 Å². The fourth-order valence-corrected chi connectivity index (χ4v) is 3.87. The molecule has 0 aliphatic rings. The van der Waals surface area contributed by atoms with Gasteiger partial charge < -0.3 is 19.7 Å². The predicted octanol–water partition coefficient (Wildman–Crippen LogP) is 4.21.